The molecule has 6 nitrogen and oxygen atoms in total. The number of H-pyrrole nitrogens is 1. The summed E-state index contributed by atoms with van der Waals surface area (Å²) in [5.74, 6) is 0.902. The van der Waals surface area contributed by atoms with Crippen LogP contribution in [-0.4, -0.2) is 54.1 Å². The van der Waals surface area contributed by atoms with Crippen molar-refractivity contribution < 1.29 is 13.9 Å². The fourth-order valence-corrected chi connectivity index (χ4v) is 5.05. The highest BCUT2D eigenvalue weighted by molar-refractivity contribution is 6.32. The number of hydrogen-bond donors (Lipinski definition) is 1. The molecule has 8 heteroatoms. The average molecular weight is 507 g/mol. The number of rotatable bonds is 5. The minimum Gasteiger partial charge on any atom is -0.496 e. The van der Waals surface area contributed by atoms with E-state index < -0.39 is 0 Å². The Morgan fingerprint density at radius 2 is 1.83 bits per heavy atom. The number of pyridine rings is 1. The molecule has 2 aromatic heterocycles. The van der Waals surface area contributed by atoms with Crippen molar-refractivity contribution in [3.8, 4) is 16.9 Å². The van der Waals surface area contributed by atoms with Crippen molar-refractivity contribution >= 4 is 34.2 Å². The maximum Gasteiger partial charge on any atom is 0.270 e. The van der Waals surface area contributed by atoms with Crippen molar-refractivity contribution in [2.75, 3.05) is 38.2 Å². The first-order valence-corrected chi connectivity index (χ1v) is 12.4. The SMILES string of the molecule is COc1ccccc1-c1cc(C(C)C)c(F)c2[nH]c(C(=O)N3CCN(c4ncccc4Cl)CC3)cc12. The van der Waals surface area contributed by atoms with E-state index in [9.17, 15) is 4.79 Å². The van der Waals surface area contributed by atoms with Crippen LogP contribution in [0, 0.1) is 5.82 Å². The third kappa shape index (κ3) is 4.28. The second-order valence-electron chi connectivity index (χ2n) is 9.24. The Morgan fingerprint density at radius 1 is 1.08 bits per heavy atom. The molecule has 3 heterocycles. The number of ether oxygens (including phenoxy) is 1. The lowest BCUT2D eigenvalue weighted by atomic mass is 9.93. The Hall–Kier alpha value is -3.58. The summed E-state index contributed by atoms with van der Waals surface area (Å²) >= 11 is 6.30. The molecule has 1 N–H and O–H groups in total. The van der Waals surface area contributed by atoms with Crippen LogP contribution in [0.2, 0.25) is 5.02 Å². The van der Waals surface area contributed by atoms with Crippen LogP contribution in [0.5, 0.6) is 5.75 Å². The summed E-state index contributed by atoms with van der Waals surface area (Å²) in [5, 5.41) is 1.25. The molecule has 0 radical (unpaired) electrons. The summed E-state index contributed by atoms with van der Waals surface area (Å²) in [5.41, 5.74) is 2.97. The van der Waals surface area contributed by atoms with E-state index in [0.29, 0.717) is 59.1 Å². The van der Waals surface area contributed by atoms with Crippen LogP contribution in [0.3, 0.4) is 0 Å². The third-order valence-corrected chi connectivity index (χ3v) is 7.03. The van der Waals surface area contributed by atoms with Gasteiger partial charge in [0, 0.05) is 43.3 Å². The Morgan fingerprint density at radius 3 is 2.53 bits per heavy atom. The van der Waals surface area contributed by atoms with E-state index in [4.69, 9.17) is 16.3 Å². The van der Waals surface area contributed by atoms with Crippen LogP contribution in [0.15, 0.2) is 54.7 Å². The number of nitrogens with zero attached hydrogens (tertiary/aromatic N) is 3. The summed E-state index contributed by atoms with van der Waals surface area (Å²) in [6.45, 7) is 6.17. The van der Waals surface area contributed by atoms with Crippen molar-refractivity contribution in [1.29, 1.82) is 0 Å². The molecule has 1 aliphatic rings. The van der Waals surface area contributed by atoms with Gasteiger partial charge in [-0.1, -0.05) is 43.6 Å². The lowest BCUT2D eigenvalue weighted by Gasteiger charge is -2.35. The third-order valence-electron chi connectivity index (χ3n) is 6.74. The van der Waals surface area contributed by atoms with Crippen molar-refractivity contribution in [1.82, 2.24) is 14.9 Å². The second kappa shape index (κ2) is 9.82. The minimum atomic E-state index is -0.327. The molecule has 36 heavy (non-hydrogen) atoms. The van der Waals surface area contributed by atoms with Gasteiger partial charge in [0.05, 0.1) is 17.6 Å². The van der Waals surface area contributed by atoms with Crippen molar-refractivity contribution in [2.24, 2.45) is 0 Å². The van der Waals surface area contributed by atoms with Gasteiger partial charge in [-0.2, -0.15) is 0 Å². The van der Waals surface area contributed by atoms with Gasteiger partial charge in [-0.15, -0.1) is 0 Å². The molecule has 4 aromatic rings. The molecule has 1 aliphatic heterocycles. The molecule has 0 unspecified atom stereocenters. The predicted molar refractivity (Wildman–Crippen MR) is 142 cm³/mol. The van der Waals surface area contributed by atoms with E-state index in [2.05, 4.69) is 14.9 Å². The van der Waals surface area contributed by atoms with Crippen LogP contribution in [-0.2, 0) is 0 Å². The molecule has 0 aliphatic carbocycles. The van der Waals surface area contributed by atoms with E-state index in [-0.39, 0.29) is 17.6 Å². The Balaban J connectivity index is 1.49. The van der Waals surface area contributed by atoms with Crippen molar-refractivity contribution in [3.05, 3.63) is 76.8 Å². The van der Waals surface area contributed by atoms with Gasteiger partial charge in [-0.05, 0) is 47.4 Å². The fraction of sp³-hybridized carbons (Fsp3) is 0.286. The highest BCUT2D eigenvalue weighted by Crippen LogP contribution is 2.39. The van der Waals surface area contributed by atoms with Gasteiger partial charge in [-0.3, -0.25) is 4.79 Å². The number of anilines is 1. The Labute approximate surface area is 214 Å². The molecule has 2 aromatic carbocycles. The van der Waals surface area contributed by atoms with Crippen LogP contribution in [0.4, 0.5) is 10.2 Å². The van der Waals surface area contributed by atoms with Gasteiger partial charge in [-0.25, -0.2) is 9.37 Å². The number of amides is 1. The molecule has 5 rings (SSSR count). The first-order chi connectivity index (χ1) is 17.4. The van der Waals surface area contributed by atoms with Crippen LogP contribution in [0.1, 0.15) is 35.8 Å². The number of carbonyl (C=O) groups excluding carboxylic acids is 1. The first-order valence-electron chi connectivity index (χ1n) is 12.0. The number of para-hydroxylation sites is 1. The number of aromatic nitrogens is 2. The van der Waals surface area contributed by atoms with Crippen LogP contribution in [0.25, 0.3) is 22.0 Å². The van der Waals surface area contributed by atoms with Gasteiger partial charge in [0.25, 0.3) is 5.91 Å². The molecular weight excluding hydrogens is 479 g/mol. The van der Waals surface area contributed by atoms with Crippen LogP contribution >= 0.6 is 11.6 Å². The molecule has 0 bridgehead atoms. The Kier molecular flexibility index (Phi) is 6.58. The number of carbonyl (C=O) groups is 1. The first kappa shape index (κ1) is 24.1. The molecule has 0 spiro atoms. The van der Waals surface area contributed by atoms with Crippen molar-refractivity contribution in [3.63, 3.8) is 0 Å². The molecular formula is C28H28ClFN4O2. The second-order valence-corrected chi connectivity index (χ2v) is 9.65. The zero-order valence-electron chi connectivity index (χ0n) is 20.5. The predicted octanol–water partition coefficient (Wildman–Crippen LogP) is 6.12. The number of benzene rings is 2. The fourth-order valence-electron chi connectivity index (χ4n) is 4.81. The molecule has 0 saturated carbocycles. The van der Waals surface area contributed by atoms with Gasteiger partial charge in [0.15, 0.2) is 5.82 Å². The van der Waals surface area contributed by atoms with E-state index in [1.165, 1.54) is 0 Å². The molecule has 1 saturated heterocycles. The summed E-state index contributed by atoms with van der Waals surface area (Å²) in [7, 11) is 1.62. The molecule has 1 amide bonds. The topological polar surface area (TPSA) is 61.5 Å². The number of hydrogen-bond acceptors (Lipinski definition) is 4. The normalized spacial score (nSPS) is 14.1. The zero-order chi connectivity index (χ0) is 25.4. The number of halogens is 2. The average Bonchev–Trinajstić information content (AvgIpc) is 3.35. The van der Waals surface area contributed by atoms with E-state index in [1.54, 1.807) is 30.3 Å². The maximum absolute atomic E-state index is 15.6. The van der Waals surface area contributed by atoms with E-state index >= 15 is 4.39 Å². The molecule has 186 valence electrons. The number of piperazine rings is 1. The van der Waals surface area contributed by atoms with E-state index in [0.717, 1.165) is 16.9 Å². The molecule has 1 fully saturated rings. The highest BCUT2D eigenvalue weighted by Gasteiger charge is 2.27. The number of fused-ring (bicyclic) bond motifs is 1. The quantitative estimate of drug-likeness (QED) is 0.354. The smallest absolute Gasteiger partial charge is 0.270 e. The van der Waals surface area contributed by atoms with Gasteiger partial charge < -0.3 is 19.5 Å². The van der Waals surface area contributed by atoms with Gasteiger partial charge >= 0.3 is 0 Å². The lowest BCUT2D eigenvalue weighted by molar-refractivity contribution is 0.0741. The van der Waals surface area contributed by atoms with Crippen molar-refractivity contribution in [2.45, 2.75) is 19.8 Å². The molecule has 0 atom stereocenters. The van der Waals surface area contributed by atoms with Gasteiger partial charge in [0.2, 0.25) is 0 Å². The van der Waals surface area contributed by atoms with E-state index in [1.807, 2.05) is 50.2 Å². The monoisotopic (exact) mass is 506 g/mol. The zero-order valence-corrected chi connectivity index (χ0v) is 21.3. The maximum atomic E-state index is 15.6. The minimum absolute atomic E-state index is 0.0307. The lowest BCUT2D eigenvalue weighted by Crippen LogP contribution is -2.49. The van der Waals surface area contributed by atoms with Gasteiger partial charge in [0.1, 0.15) is 17.3 Å². The largest absolute Gasteiger partial charge is 0.496 e. The highest BCUT2D eigenvalue weighted by atomic mass is 35.5. The number of methoxy groups -OCH3 is 1. The summed E-state index contributed by atoms with van der Waals surface area (Å²) in [4.78, 5) is 24.8. The number of aromatic amines is 1. The summed E-state index contributed by atoms with van der Waals surface area (Å²) in [6.07, 6.45) is 1.71. The summed E-state index contributed by atoms with van der Waals surface area (Å²) in [6, 6.07) is 14.9. The standard InChI is InChI=1S/C28H28ClFN4O2/c1-17(2)19-15-20(18-7-4-5-9-24(18)36-3)21-16-23(32-26(21)25(19)30)28(35)34-13-11-33(12-14-34)27-22(29)8-6-10-31-27/h4-10,15-17,32H,11-14H2,1-3H3. The Bertz CT molecular complexity index is 1430. The van der Waals surface area contributed by atoms with Crippen LogP contribution < -0.4 is 9.64 Å². The number of nitrogens with one attached hydrogen (secondary N) is 1. The summed E-state index contributed by atoms with van der Waals surface area (Å²) < 4.78 is 21.2.